The maximum atomic E-state index is 12.1. The zero-order valence-electron chi connectivity index (χ0n) is 20.2. The highest BCUT2D eigenvalue weighted by molar-refractivity contribution is 5.67. The van der Waals surface area contributed by atoms with Gasteiger partial charge < -0.3 is 14.6 Å². The third-order valence-corrected chi connectivity index (χ3v) is 8.69. The quantitative estimate of drug-likeness (QED) is 0.479. The van der Waals surface area contributed by atoms with E-state index in [0.717, 1.165) is 25.7 Å². The average molecular weight is 423 g/mol. The van der Waals surface area contributed by atoms with Crippen LogP contribution in [0.15, 0.2) is 12.7 Å². The van der Waals surface area contributed by atoms with Gasteiger partial charge in [-0.25, -0.2) is 0 Å². The van der Waals surface area contributed by atoms with Crippen LogP contribution in [0.2, 0.25) is 0 Å². The SMILES string of the molecule is C=CC(C)(O)CCC1(C)C(C)C(OC(C)=O)C(OC(C)=O)C2C(C)(C)CCCC21C. The zero-order valence-corrected chi connectivity index (χ0v) is 20.2. The second-order valence-corrected chi connectivity index (χ2v) is 11.2. The normalized spacial score (nSPS) is 39.9. The van der Waals surface area contributed by atoms with Crippen molar-refractivity contribution in [3.63, 3.8) is 0 Å². The van der Waals surface area contributed by atoms with Crippen LogP contribution in [0, 0.1) is 28.1 Å². The molecule has 0 aliphatic heterocycles. The van der Waals surface area contributed by atoms with Gasteiger partial charge in [0, 0.05) is 25.7 Å². The van der Waals surface area contributed by atoms with E-state index in [0.29, 0.717) is 6.42 Å². The van der Waals surface area contributed by atoms with E-state index in [9.17, 15) is 14.7 Å². The smallest absolute Gasteiger partial charge is 0.303 e. The molecule has 7 unspecified atom stereocenters. The van der Waals surface area contributed by atoms with E-state index >= 15 is 0 Å². The summed E-state index contributed by atoms with van der Waals surface area (Å²) in [4.78, 5) is 24.1. The van der Waals surface area contributed by atoms with Crippen molar-refractivity contribution in [2.24, 2.45) is 28.1 Å². The van der Waals surface area contributed by atoms with E-state index in [1.54, 1.807) is 13.0 Å². The maximum absolute atomic E-state index is 12.1. The summed E-state index contributed by atoms with van der Waals surface area (Å²) in [5.74, 6) is -0.698. The fraction of sp³-hybridized carbons (Fsp3) is 0.840. The highest BCUT2D eigenvalue weighted by atomic mass is 16.6. The second kappa shape index (κ2) is 8.29. The molecule has 0 heterocycles. The lowest BCUT2D eigenvalue weighted by Crippen LogP contribution is -2.68. The molecule has 172 valence electrons. The van der Waals surface area contributed by atoms with Crippen LogP contribution in [-0.2, 0) is 19.1 Å². The molecule has 1 N–H and O–H groups in total. The first-order valence-corrected chi connectivity index (χ1v) is 11.3. The van der Waals surface area contributed by atoms with E-state index < -0.39 is 17.8 Å². The van der Waals surface area contributed by atoms with E-state index in [-0.39, 0.29) is 40.0 Å². The second-order valence-electron chi connectivity index (χ2n) is 11.2. The van der Waals surface area contributed by atoms with Crippen LogP contribution in [0.3, 0.4) is 0 Å². The minimum Gasteiger partial charge on any atom is -0.458 e. The van der Waals surface area contributed by atoms with Gasteiger partial charge in [-0.1, -0.05) is 47.1 Å². The molecule has 5 heteroatoms. The van der Waals surface area contributed by atoms with Crippen LogP contribution in [-0.4, -0.2) is 34.9 Å². The molecule has 0 aromatic rings. The molecular formula is C25H42O5. The molecule has 0 radical (unpaired) electrons. The number of ether oxygens (including phenoxy) is 2. The lowest BCUT2D eigenvalue weighted by atomic mass is 9.39. The van der Waals surface area contributed by atoms with E-state index in [2.05, 4.69) is 41.2 Å². The van der Waals surface area contributed by atoms with Gasteiger partial charge in [0.15, 0.2) is 0 Å². The van der Waals surface area contributed by atoms with E-state index in [4.69, 9.17) is 9.47 Å². The number of carbonyl (C=O) groups is 2. The Hall–Kier alpha value is -1.36. The number of fused-ring (bicyclic) bond motifs is 1. The Morgan fingerprint density at radius 2 is 1.63 bits per heavy atom. The van der Waals surface area contributed by atoms with Gasteiger partial charge in [-0.3, -0.25) is 9.59 Å². The van der Waals surface area contributed by atoms with Gasteiger partial charge in [0.05, 0.1) is 5.60 Å². The van der Waals surface area contributed by atoms with Gasteiger partial charge in [-0.05, 0) is 48.9 Å². The molecule has 2 fully saturated rings. The largest absolute Gasteiger partial charge is 0.458 e. The fourth-order valence-corrected chi connectivity index (χ4v) is 6.71. The minimum atomic E-state index is -0.956. The van der Waals surface area contributed by atoms with Crippen molar-refractivity contribution in [1.29, 1.82) is 0 Å². The summed E-state index contributed by atoms with van der Waals surface area (Å²) in [5, 5.41) is 10.6. The third-order valence-electron chi connectivity index (χ3n) is 8.69. The van der Waals surface area contributed by atoms with Crippen LogP contribution in [0.25, 0.3) is 0 Å². The maximum Gasteiger partial charge on any atom is 0.303 e. The minimum absolute atomic E-state index is 0.0403. The molecule has 0 saturated heterocycles. The molecule has 2 saturated carbocycles. The summed E-state index contributed by atoms with van der Waals surface area (Å²) in [6, 6.07) is 0. The molecule has 0 aromatic heterocycles. The van der Waals surface area contributed by atoms with Crippen molar-refractivity contribution < 1.29 is 24.2 Å². The molecule has 0 bridgehead atoms. The monoisotopic (exact) mass is 422 g/mol. The Bertz CT molecular complexity index is 681. The summed E-state index contributed by atoms with van der Waals surface area (Å²) in [6.07, 6.45) is 5.10. The summed E-state index contributed by atoms with van der Waals surface area (Å²) in [6.45, 7) is 19.6. The summed E-state index contributed by atoms with van der Waals surface area (Å²) >= 11 is 0. The van der Waals surface area contributed by atoms with Gasteiger partial charge >= 0.3 is 11.9 Å². The number of rotatable bonds is 6. The molecule has 0 aromatic carbocycles. The Morgan fingerprint density at radius 3 is 2.13 bits per heavy atom. The number of hydrogen-bond acceptors (Lipinski definition) is 5. The first-order valence-electron chi connectivity index (χ1n) is 11.3. The summed E-state index contributed by atoms with van der Waals surface area (Å²) < 4.78 is 11.8. The summed E-state index contributed by atoms with van der Waals surface area (Å²) in [5.41, 5.74) is -1.39. The number of aliphatic hydroxyl groups is 1. The molecule has 5 nitrogen and oxygen atoms in total. The first-order chi connectivity index (χ1) is 13.6. The zero-order chi connectivity index (χ0) is 23.1. The third kappa shape index (κ3) is 4.32. The topological polar surface area (TPSA) is 72.8 Å². The van der Waals surface area contributed by atoms with Crippen LogP contribution >= 0.6 is 0 Å². The van der Waals surface area contributed by atoms with Crippen LogP contribution in [0.4, 0.5) is 0 Å². The van der Waals surface area contributed by atoms with Gasteiger partial charge in [-0.2, -0.15) is 0 Å². The predicted octanol–water partition coefficient (Wildman–Crippen LogP) is 5.06. The van der Waals surface area contributed by atoms with Crippen LogP contribution in [0.5, 0.6) is 0 Å². The predicted molar refractivity (Wildman–Crippen MR) is 118 cm³/mol. The number of carbonyl (C=O) groups excluding carboxylic acids is 2. The number of esters is 2. The Balaban J connectivity index is 2.63. The van der Waals surface area contributed by atoms with Crippen molar-refractivity contribution in [3.8, 4) is 0 Å². The Morgan fingerprint density at radius 1 is 1.10 bits per heavy atom. The van der Waals surface area contributed by atoms with Crippen LogP contribution < -0.4 is 0 Å². The highest BCUT2D eigenvalue weighted by Crippen LogP contribution is 2.68. The van der Waals surface area contributed by atoms with Gasteiger partial charge in [0.1, 0.15) is 12.2 Å². The molecule has 0 amide bonds. The lowest BCUT2D eigenvalue weighted by Gasteiger charge is -2.67. The average Bonchev–Trinajstić information content (AvgIpc) is 2.60. The molecule has 0 spiro atoms. The van der Waals surface area contributed by atoms with Crippen LogP contribution in [0.1, 0.15) is 87.5 Å². The Labute approximate surface area is 182 Å². The molecule has 2 aliphatic carbocycles. The van der Waals surface area contributed by atoms with Gasteiger partial charge in [0.2, 0.25) is 0 Å². The molecule has 30 heavy (non-hydrogen) atoms. The lowest BCUT2D eigenvalue weighted by molar-refractivity contribution is -0.258. The highest BCUT2D eigenvalue weighted by Gasteiger charge is 2.67. The first kappa shape index (κ1) is 24.9. The summed E-state index contributed by atoms with van der Waals surface area (Å²) in [7, 11) is 0. The van der Waals surface area contributed by atoms with Gasteiger partial charge in [0.25, 0.3) is 0 Å². The fourth-order valence-electron chi connectivity index (χ4n) is 6.71. The Kier molecular flexibility index (Phi) is 6.88. The molecular weight excluding hydrogens is 380 g/mol. The molecule has 7 atom stereocenters. The van der Waals surface area contributed by atoms with E-state index in [1.807, 2.05) is 0 Å². The van der Waals surface area contributed by atoms with Gasteiger partial charge in [-0.15, -0.1) is 6.58 Å². The van der Waals surface area contributed by atoms with Crippen molar-refractivity contribution in [3.05, 3.63) is 12.7 Å². The van der Waals surface area contributed by atoms with Crippen molar-refractivity contribution in [2.45, 2.75) is 105 Å². The van der Waals surface area contributed by atoms with E-state index in [1.165, 1.54) is 13.8 Å². The number of hydrogen-bond donors (Lipinski definition) is 1. The van der Waals surface area contributed by atoms with Crippen molar-refractivity contribution >= 4 is 11.9 Å². The van der Waals surface area contributed by atoms with Crippen molar-refractivity contribution in [2.75, 3.05) is 0 Å². The standard InChI is InChI=1S/C25H42O5/c1-10-23(7,28)14-15-24(8)16(2)19(29-17(3)26)20(30-18(4)27)21-22(5,6)12-11-13-25(21,24)9/h10,16,19-21,28H,1,11-15H2,2-9H3. The molecule has 2 aliphatic rings. The van der Waals surface area contributed by atoms with Crippen molar-refractivity contribution in [1.82, 2.24) is 0 Å². The molecule has 2 rings (SSSR count).